The van der Waals surface area contributed by atoms with Crippen molar-refractivity contribution < 1.29 is 30.6 Å². The predicted octanol–water partition coefficient (Wildman–Crippen LogP) is 8.58. The summed E-state index contributed by atoms with van der Waals surface area (Å²) >= 11 is 0. The molecule has 2 aliphatic rings. The van der Waals surface area contributed by atoms with E-state index in [-0.39, 0.29) is 46.5 Å². The Morgan fingerprint density at radius 2 is 0.784 bits per heavy atom. The number of fused-ring (bicyclic) bond motifs is 4. The minimum absolute atomic E-state index is 0. The van der Waals surface area contributed by atoms with Gasteiger partial charge in [0.2, 0.25) is 0 Å². The summed E-state index contributed by atoms with van der Waals surface area (Å²) in [6, 6.07) is 54.6. The monoisotopic (exact) mass is 734 g/mol. The predicted molar refractivity (Wildman–Crippen MR) is 208 cm³/mol. The van der Waals surface area contributed by atoms with Crippen LogP contribution >= 0.6 is 24.8 Å². The molecule has 0 fully saturated rings. The number of hydrogen-bond acceptors (Lipinski definition) is 2. The molecule has 10 rings (SSSR count). The van der Waals surface area contributed by atoms with Crippen molar-refractivity contribution in [2.75, 3.05) is 0 Å². The van der Waals surface area contributed by atoms with Gasteiger partial charge in [0.15, 0.2) is 0 Å². The SMILES string of the molecule is Cl.Cl.[C-]1=c2ccccc2=CC1(c1ccco1)c1cccc2ccccc12.[C-]1=c2ccccc2=CC1(c1ccco1)c1cccc2ccccc12.[Ti+2]. The Kier molecular flexibility index (Phi) is 10.4. The number of rotatable bonds is 4. The van der Waals surface area contributed by atoms with E-state index in [2.05, 4.69) is 158 Å². The average molecular weight is 736 g/mol. The Balaban J connectivity index is 0.000000166. The summed E-state index contributed by atoms with van der Waals surface area (Å²) in [5.41, 5.74) is 1.42. The molecule has 51 heavy (non-hydrogen) atoms. The van der Waals surface area contributed by atoms with Crippen LogP contribution in [-0.2, 0) is 32.5 Å². The molecule has 2 aliphatic carbocycles. The fourth-order valence-corrected chi connectivity index (χ4v) is 7.40. The normalized spacial score (nSPS) is 17.7. The van der Waals surface area contributed by atoms with Gasteiger partial charge in [-0.25, -0.2) is 0 Å². The maximum absolute atomic E-state index is 5.86. The summed E-state index contributed by atoms with van der Waals surface area (Å²) < 4.78 is 11.7. The Bertz CT molecular complexity index is 2430. The molecule has 2 atom stereocenters. The topological polar surface area (TPSA) is 26.3 Å². The summed E-state index contributed by atoms with van der Waals surface area (Å²) in [6.45, 7) is 0. The third kappa shape index (κ3) is 6.13. The molecule has 0 saturated heterocycles. The number of halogens is 2. The van der Waals surface area contributed by atoms with E-state index in [1.54, 1.807) is 12.5 Å². The van der Waals surface area contributed by atoms with Gasteiger partial charge >= 0.3 is 21.7 Å². The second kappa shape index (κ2) is 14.8. The third-order valence-corrected chi connectivity index (χ3v) is 9.58. The molecule has 2 aromatic heterocycles. The fraction of sp³-hybridized carbons (Fsp3) is 0.0435. The molecule has 0 saturated carbocycles. The first-order chi connectivity index (χ1) is 23.7. The van der Waals surface area contributed by atoms with Crippen LogP contribution in [0.15, 0.2) is 179 Å². The zero-order valence-corrected chi connectivity index (χ0v) is 30.6. The Labute approximate surface area is 323 Å². The fourth-order valence-electron chi connectivity index (χ4n) is 7.40. The molecule has 246 valence electrons. The maximum atomic E-state index is 5.86. The Morgan fingerprint density at radius 1 is 0.392 bits per heavy atom. The zero-order valence-electron chi connectivity index (χ0n) is 27.5. The minimum atomic E-state index is -0.492. The van der Waals surface area contributed by atoms with E-state index in [0.29, 0.717) is 0 Å². The van der Waals surface area contributed by atoms with Gasteiger partial charge in [0.25, 0.3) is 0 Å². The van der Waals surface area contributed by atoms with Crippen LogP contribution in [0.2, 0.25) is 0 Å². The minimum Gasteiger partial charge on any atom is -0.469 e. The third-order valence-electron chi connectivity index (χ3n) is 9.58. The van der Waals surface area contributed by atoms with Crippen molar-refractivity contribution in [2.45, 2.75) is 10.8 Å². The molecule has 0 radical (unpaired) electrons. The zero-order chi connectivity index (χ0) is 32.0. The van der Waals surface area contributed by atoms with Crippen LogP contribution in [0.4, 0.5) is 0 Å². The molecule has 8 aromatic rings. The van der Waals surface area contributed by atoms with E-state index in [9.17, 15) is 0 Å². The van der Waals surface area contributed by atoms with E-state index in [1.807, 2.05) is 24.3 Å². The second-order valence-electron chi connectivity index (χ2n) is 12.3. The van der Waals surface area contributed by atoms with Crippen LogP contribution in [0.25, 0.3) is 45.8 Å². The van der Waals surface area contributed by atoms with Crippen molar-refractivity contribution in [2.24, 2.45) is 0 Å². The summed E-state index contributed by atoms with van der Waals surface area (Å²) in [7, 11) is 0. The largest absolute Gasteiger partial charge is 2.00 e. The smallest absolute Gasteiger partial charge is 0.469 e. The summed E-state index contributed by atoms with van der Waals surface area (Å²) in [5, 5.41) is 9.56. The summed E-state index contributed by atoms with van der Waals surface area (Å²) in [4.78, 5) is 0. The van der Waals surface area contributed by atoms with E-state index in [4.69, 9.17) is 8.83 Å². The Morgan fingerprint density at radius 3 is 1.20 bits per heavy atom. The first-order valence-corrected chi connectivity index (χ1v) is 16.2. The molecule has 2 unspecified atom stereocenters. The molecular formula is C46H32Cl2O2Ti. The van der Waals surface area contributed by atoms with E-state index in [0.717, 1.165) is 22.0 Å². The first-order valence-electron chi connectivity index (χ1n) is 16.2. The molecule has 0 bridgehead atoms. The van der Waals surface area contributed by atoms with E-state index < -0.39 is 10.8 Å². The van der Waals surface area contributed by atoms with Gasteiger partial charge in [-0.15, -0.1) is 71.7 Å². The van der Waals surface area contributed by atoms with Crippen molar-refractivity contribution in [1.29, 1.82) is 0 Å². The van der Waals surface area contributed by atoms with Gasteiger partial charge in [-0.05, 0) is 56.9 Å². The number of furan rings is 2. The van der Waals surface area contributed by atoms with Crippen LogP contribution in [0.1, 0.15) is 22.6 Å². The van der Waals surface area contributed by atoms with Gasteiger partial charge in [-0.3, -0.25) is 0 Å². The molecule has 2 nitrogen and oxygen atoms in total. The second-order valence-corrected chi connectivity index (χ2v) is 12.3. The van der Waals surface area contributed by atoms with Gasteiger partial charge in [-0.2, -0.15) is 34.7 Å². The first kappa shape index (κ1) is 36.0. The van der Waals surface area contributed by atoms with Gasteiger partial charge in [0.05, 0.1) is 12.5 Å². The van der Waals surface area contributed by atoms with Gasteiger partial charge < -0.3 is 8.83 Å². The van der Waals surface area contributed by atoms with Crippen molar-refractivity contribution in [3.05, 3.63) is 214 Å². The maximum Gasteiger partial charge on any atom is 2.00 e. The van der Waals surface area contributed by atoms with E-state index >= 15 is 0 Å². The molecule has 0 amide bonds. The van der Waals surface area contributed by atoms with Crippen LogP contribution < -0.4 is 20.9 Å². The van der Waals surface area contributed by atoms with Gasteiger partial charge in [0, 0.05) is 10.8 Å². The van der Waals surface area contributed by atoms with Crippen molar-refractivity contribution in [3.8, 4) is 0 Å². The van der Waals surface area contributed by atoms with Crippen LogP contribution in [0.3, 0.4) is 0 Å². The molecule has 0 N–H and O–H groups in total. The summed E-state index contributed by atoms with van der Waals surface area (Å²) in [5.74, 6) is 1.80. The van der Waals surface area contributed by atoms with Crippen molar-refractivity contribution >= 4 is 70.7 Å². The summed E-state index contributed by atoms with van der Waals surface area (Å²) in [6.07, 6.45) is 15.4. The number of benzene rings is 6. The van der Waals surface area contributed by atoms with Crippen LogP contribution in [0.5, 0.6) is 0 Å². The van der Waals surface area contributed by atoms with Gasteiger partial charge in [0.1, 0.15) is 11.5 Å². The van der Waals surface area contributed by atoms with Crippen LogP contribution in [-0.4, -0.2) is 0 Å². The molecule has 2 heterocycles. The molecule has 6 aromatic carbocycles. The van der Waals surface area contributed by atoms with Crippen molar-refractivity contribution in [3.63, 3.8) is 0 Å². The molecule has 5 heteroatoms. The van der Waals surface area contributed by atoms with E-state index in [1.165, 1.54) is 43.1 Å². The van der Waals surface area contributed by atoms with Gasteiger partial charge in [-0.1, -0.05) is 97.1 Å². The van der Waals surface area contributed by atoms with Crippen molar-refractivity contribution in [1.82, 2.24) is 0 Å². The molecule has 0 aliphatic heterocycles. The van der Waals surface area contributed by atoms with Crippen LogP contribution in [0, 0.1) is 0 Å². The Hall–Kier alpha value is -4.83. The molecular weight excluding hydrogens is 703 g/mol. The molecule has 0 spiro atoms. The number of hydrogen-bond donors (Lipinski definition) is 0. The standard InChI is InChI=1S/2C23H15O.2ClH.Ti/c2*1-2-9-19-16-23(15-18(19)8-1,22-13-6-14-24-22)21-12-5-10-17-7-3-4-11-20(17)21;;;/h2*1-15H;2*1H;/q2*-1;;;+2. The average Bonchev–Trinajstić information content (AvgIpc) is 3.97. The quantitative estimate of drug-likeness (QED) is 0.134.